The van der Waals surface area contributed by atoms with Crippen molar-refractivity contribution in [1.82, 2.24) is 0 Å². The summed E-state index contributed by atoms with van der Waals surface area (Å²) in [6.07, 6.45) is 0. The van der Waals surface area contributed by atoms with E-state index in [2.05, 4.69) is 15.9 Å². The third kappa shape index (κ3) is 2.37. The van der Waals surface area contributed by atoms with E-state index in [1.54, 1.807) is 6.07 Å². The van der Waals surface area contributed by atoms with Crippen molar-refractivity contribution in [2.75, 3.05) is 0 Å². The van der Waals surface area contributed by atoms with Gasteiger partial charge < -0.3 is 0 Å². The highest BCUT2D eigenvalue weighted by Crippen LogP contribution is 2.28. The average Bonchev–Trinajstić information content (AvgIpc) is 2.49. The van der Waals surface area contributed by atoms with E-state index >= 15 is 0 Å². The fraction of sp³-hybridized carbons (Fsp3) is 0. The van der Waals surface area contributed by atoms with Gasteiger partial charge in [0.25, 0.3) is 0 Å². The van der Waals surface area contributed by atoms with Crippen LogP contribution in [0.15, 0.2) is 65.1 Å². The fourth-order valence-electron chi connectivity index (χ4n) is 2.17. The summed E-state index contributed by atoms with van der Waals surface area (Å²) >= 11 is 9.53. The Morgan fingerprint density at radius 1 is 0.900 bits per heavy atom. The summed E-state index contributed by atoms with van der Waals surface area (Å²) in [5.74, 6) is -0.0675. The molecule has 3 aromatic rings. The van der Waals surface area contributed by atoms with E-state index < -0.39 is 0 Å². The lowest BCUT2D eigenvalue weighted by Crippen LogP contribution is -2.02. The molecule has 3 rings (SSSR count). The molecule has 0 aliphatic rings. The second-order valence-corrected chi connectivity index (χ2v) is 5.72. The summed E-state index contributed by atoms with van der Waals surface area (Å²) in [6, 6.07) is 19.0. The molecule has 0 spiro atoms. The van der Waals surface area contributed by atoms with E-state index in [-0.39, 0.29) is 5.78 Å². The second kappa shape index (κ2) is 5.39. The van der Waals surface area contributed by atoms with Gasteiger partial charge >= 0.3 is 0 Å². The number of carbonyl (C=O) groups is 1. The monoisotopic (exact) mass is 344 g/mol. The standard InChI is InChI=1S/C17H10BrClO/c18-15-7-3-6-14(16(15)19)17(20)13-9-8-11-4-1-2-5-12(11)10-13/h1-10H. The van der Waals surface area contributed by atoms with Crippen LogP contribution in [0.25, 0.3) is 10.8 Å². The Kier molecular flexibility index (Phi) is 3.60. The Morgan fingerprint density at radius 2 is 1.65 bits per heavy atom. The number of fused-ring (bicyclic) bond motifs is 1. The van der Waals surface area contributed by atoms with Crippen LogP contribution in [0, 0.1) is 0 Å². The van der Waals surface area contributed by atoms with Gasteiger partial charge in [0, 0.05) is 15.6 Å². The highest BCUT2D eigenvalue weighted by atomic mass is 79.9. The number of rotatable bonds is 2. The molecule has 0 radical (unpaired) electrons. The van der Waals surface area contributed by atoms with Gasteiger partial charge in [0.2, 0.25) is 0 Å². The molecule has 0 amide bonds. The third-order valence-electron chi connectivity index (χ3n) is 3.21. The van der Waals surface area contributed by atoms with Gasteiger partial charge in [0.15, 0.2) is 5.78 Å². The lowest BCUT2D eigenvalue weighted by atomic mass is 10.00. The van der Waals surface area contributed by atoms with Crippen molar-refractivity contribution < 1.29 is 4.79 Å². The van der Waals surface area contributed by atoms with Crippen molar-refractivity contribution in [2.24, 2.45) is 0 Å². The fourth-order valence-corrected chi connectivity index (χ4v) is 2.74. The summed E-state index contributed by atoms with van der Waals surface area (Å²) in [5, 5.41) is 2.61. The zero-order valence-corrected chi connectivity index (χ0v) is 12.8. The van der Waals surface area contributed by atoms with Gasteiger partial charge in [-0.25, -0.2) is 0 Å². The van der Waals surface area contributed by atoms with Crippen LogP contribution >= 0.6 is 27.5 Å². The van der Waals surface area contributed by atoms with E-state index in [9.17, 15) is 4.79 Å². The normalized spacial score (nSPS) is 10.7. The van der Waals surface area contributed by atoms with Gasteiger partial charge in [-0.3, -0.25) is 4.79 Å². The van der Waals surface area contributed by atoms with E-state index in [1.165, 1.54) is 0 Å². The van der Waals surface area contributed by atoms with Crippen molar-refractivity contribution in [3.05, 3.63) is 81.3 Å². The van der Waals surface area contributed by atoms with Gasteiger partial charge in [0.1, 0.15) is 0 Å². The van der Waals surface area contributed by atoms with Gasteiger partial charge in [-0.15, -0.1) is 0 Å². The van der Waals surface area contributed by atoms with Crippen LogP contribution in [0.4, 0.5) is 0 Å². The van der Waals surface area contributed by atoms with Crippen LogP contribution < -0.4 is 0 Å². The Bertz CT molecular complexity index is 811. The van der Waals surface area contributed by atoms with E-state index in [0.717, 1.165) is 15.2 Å². The maximum absolute atomic E-state index is 12.6. The van der Waals surface area contributed by atoms with Gasteiger partial charge in [-0.1, -0.05) is 54.1 Å². The zero-order valence-electron chi connectivity index (χ0n) is 10.4. The van der Waals surface area contributed by atoms with Gasteiger partial charge in [0.05, 0.1) is 5.02 Å². The average molecular weight is 346 g/mol. The molecular weight excluding hydrogens is 336 g/mol. The molecule has 3 aromatic carbocycles. The molecule has 0 aliphatic heterocycles. The Hall–Kier alpha value is -1.64. The smallest absolute Gasteiger partial charge is 0.194 e. The molecule has 1 nitrogen and oxygen atoms in total. The summed E-state index contributed by atoms with van der Waals surface area (Å²) in [7, 11) is 0. The Labute approximate surface area is 130 Å². The number of carbonyl (C=O) groups excluding carboxylic acids is 1. The van der Waals surface area contributed by atoms with Crippen molar-refractivity contribution in [2.45, 2.75) is 0 Å². The summed E-state index contributed by atoms with van der Waals surface area (Å²) < 4.78 is 0.728. The minimum atomic E-state index is -0.0675. The van der Waals surface area contributed by atoms with Crippen molar-refractivity contribution in [3.63, 3.8) is 0 Å². The number of halogens is 2. The van der Waals surface area contributed by atoms with Crippen LogP contribution in [0.3, 0.4) is 0 Å². The number of hydrogen-bond donors (Lipinski definition) is 0. The first-order valence-corrected chi connectivity index (χ1v) is 7.31. The first kappa shape index (κ1) is 13.3. The number of ketones is 1. The number of hydrogen-bond acceptors (Lipinski definition) is 1. The molecule has 0 bridgehead atoms. The van der Waals surface area contributed by atoms with Crippen LogP contribution in [-0.4, -0.2) is 5.78 Å². The summed E-state index contributed by atoms with van der Waals surface area (Å²) in [6.45, 7) is 0. The van der Waals surface area contributed by atoms with E-state index in [4.69, 9.17) is 11.6 Å². The van der Waals surface area contributed by atoms with Crippen molar-refractivity contribution >= 4 is 44.1 Å². The molecule has 0 aromatic heterocycles. The van der Waals surface area contributed by atoms with Crippen LogP contribution in [0.1, 0.15) is 15.9 Å². The van der Waals surface area contributed by atoms with Gasteiger partial charge in [-0.05, 0) is 44.9 Å². The largest absolute Gasteiger partial charge is 0.289 e. The molecule has 0 saturated heterocycles. The van der Waals surface area contributed by atoms with Crippen LogP contribution in [0.2, 0.25) is 5.02 Å². The zero-order chi connectivity index (χ0) is 14.1. The molecule has 0 heterocycles. The van der Waals surface area contributed by atoms with Gasteiger partial charge in [-0.2, -0.15) is 0 Å². The minimum absolute atomic E-state index is 0.0675. The first-order chi connectivity index (χ1) is 9.66. The second-order valence-electron chi connectivity index (χ2n) is 4.49. The molecule has 20 heavy (non-hydrogen) atoms. The topological polar surface area (TPSA) is 17.1 Å². The maximum Gasteiger partial charge on any atom is 0.194 e. The van der Waals surface area contributed by atoms with E-state index in [0.29, 0.717) is 16.1 Å². The van der Waals surface area contributed by atoms with Crippen LogP contribution in [0.5, 0.6) is 0 Å². The molecule has 3 heteroatoms. The Morgan fingerprint density at radius 3 is 2.45 bits per heavy atom. The highest BCUT2D eigenvalue weighted by Gasteiger charge is 2.14. The predicted octanol–water partition coefficient (Wildman–Crippen LogP) is 5.49. The molecule has 0 saturated carbocycles. The molecule has 0 N–H and O–H groups in total. The van der Waals surface area contributed by atoms with Crippen molar-refractivity contribution in [3.8, 4) is 0 Å². The van der Waals surface area contributed by atoms with E-state index in [1.807, 2.05) is 54.6 Å². The minimum Gasteiger partial charge on any atom is -0.289 e. The SMILES string of the molecule is O=C(c1ccc2ccccc2c1)c1cccc(Br)c1Cl. The van der Waals surface area contributed by atoms with Crippen molar-refractivity contribution in [1.29, 1.82) is 0 Å². The predicted molar refractivity (Wildman–Crippen MR) is 86.5 cm³/mol. The lowest BCUT2D eigenvalue weighted by Gasteiger charge is -2.06. The molecular formula is C17H10BrClO. The quantitative estimate of drug-likeness (QED) is 0.562. The summed E-state index contributed by atoms with van der Waals surface area (Å²) in [5.41, 5.74) is 1.15. The molecule has 0 fully saturated rings. The highest BCUT2D eigenvalue weighted by molar-refractivity contribution is 9.10. The first-order valence-electron chi connectivity index (χ1n) is 6.14. The molecule has 98 valence electrons. The third-order valence-corrected chi connectivity index (χ3v) is 4.50. The molecule has 0 atom stereocenters. The summed E-state index contributed by atoms with van der Waals surface area (Å²) in [4.78, 5) is 12.6. The molecule has 0 unspecified atom stereocenters. The number of benzene rings is 3. The molecule has 0 aliphatic carbocycles. The Balaban J connectivity index is 2.10. The maximum atomic E-state index is 12.6. The lowest BCUT2D eigenvalue weighted by molar-refractivity contribution is 0.103. The van der Waals surface area contributed by atoms with Crippen LogP contribution in [-0.2, 0) is 0 Å².